The molecule has 0 spiro atoms. The van der Waals surface area contributed by atoms with Gasteiger partial charge in [0.25, 0.3) is 0 Å². The highest BCUT2D eigenvalue weighted by Crippen LogP contribution is 2.23. The number of anilines is 2. The van der Waals surface area contributed by atoms with Gasteiger partial charge in [-0.05, 0) is 12.1 Å². The third-order valence-corrected chi connectivity index (χ3v) is 1.42. The Labute approximate surface area is 73.5 Å². The molecule has 0 atom stereocenters. The van der Waals surface area contributed by atoms with Crippen molar-refractivity contribution in [2.75, 3.05) is 11.1 Å². The third-order valence-electron chi connectivity index (χ3n) is 1.42. The molecule has 0 aromatic heterocycles. The van der Waals surface area contributed by atoms with E-state index < -0.39 is 23.2 Å². The Hall–Kier alpha value is -1.65. The highest BCUT2D eigenvalue weighted by molar-refractivity contribution is 5.89. The molecule has 0 saturated carbocycles. The smallest absolute Gasteiger partial charge is 0.221 e. The number of nitrogens with two attached hydrogens (primary N) is 1. The molecule has 0 aliphatic carbocycles. The van der Waals surface area contributed by atoms with Crippen LogP contribution < -0.4 is 11.1 Å². The van der Waals surface area contributed by atoms with Crippen LogP contribution in [-0.2, 0) is 4.79 Å². The Morgan fingerprint density at radius 1 is 1.46 bits per heavy atom. The fraction of sp³-hybridized carbons (Fsp3) is 0.125. The van der Waals surface area contributed by atoms with Gasteiger partial charge in [-0.25, -0.2) is 8.78 Å². The molecule has 1 aromatic rings. The van der Waals surface area contributed by atoms with Crippen LogP contribution in [0.25, 0.3) is 0 Å². The van der Waals surface area contributed by atoms with Crippen LogP contribution in [0.2, 0.25) is 0 Å². The maximum absolute atomic E-state index is 13.0. The highest BCUT2D eigenvalue weighted by atomic mass is 19.1. The van der Waals surface area contributed by atoms with Gasteiger partial charge in [-0.2, -0.15) is 0 Å². The van der Waals surface area contributed by atoms with Gasteiger partial charge in [-0.1, -0.05) is 0 Å². The Balaban J connectivity index is 3.17. The van der Waals surface area contributed by atoms with Crippen molar-refractivity contribution >= 4 is 17.3 Å². The van der Waals surface area contributed by atoms with Crippen molar-refractivity contribution in [3.63, 3.8) is 0 Å². The molecule has 13 heavy (non-hydrogen) atoms. The molecule has 5 heteroatoms. The van der Waals surface area contributed by atoms with Gasteiger partial charge < -0.3 is 11.1 Å². The summed E-state index contributed by atoms with van der Waals surface area (Å²) in [6.07, 6.45) is 0. The van der Waals surface area contributed by atoms with E-state index in [1.54, 1.807) is 0 Å². The molecule has 70 valence electrons. The van der Waals surface area contributed by atoms with Crippen molar-refractivity contribution in [3.8, 4) is 0 Å². The first-order valence-corrected chi connectivity index (χ1v) is 3.53. The summed E-state index contributed by atoms with van der Waals surface area (Å²) in [4.78, 5) is 10.5. The van der Waals surface area contributed by atoms with Crippen LogP contribution in [0.5, 0.6) is 0 Å². The van der Waals surface area contributed by atoms with Crippen LogP contribution in [-0.4, -0.2) is 5.91 Å². The largest absolute Gasteiger partial charge is 0.396 e. The zero-order valence-corrected chi connectivity index (χ0v) is 6.90. The maximum atomic E-state index is 13.0. The quantitative estimate of drug-likeness (QED) is 0.653. The molecule has 0 radical (unpaired) electrons. The number of benzene rings is 1. The molecule has 0 aliphatic heterocycles. The summed E-state index contributed by atoms with van der Waals surface area (Å²) in [5, 5.41) is 2.01. The molecule has 1 rings (SSSR count). The topological polar surface area (TPSA) is 55.1 Å². The molecule has 3 nitrogen and oxygen atoms in total. The standard InChI is InChI=1S/C8H8F2N2O/c1-4(13)12-8-5(9)2-3-6(11)7(8)10/h2-3H,11H2,1H3,(H,12,13). The van der Waals surface area contributed by atoms with Gasteiger partial charge in [-0.3, -0.25) is 4.79 Å². The number of hydrogen-bond donors (Lipinski definition) is 2. The predicted molar refractivity (Wildman–Crippen MR) is 45.1 cm³/mol. The minimum Gasteiger partial charge on any atom is -0.396 e. The molecule has 0 saturated heterocycles. The molecule has 0 heterocycles. The van der Waals surface area contributed by atoms with Gasteiger partial charge >= 0.3 is 0 Å². The number of carbonyl (C=O) groups is 1. The van der Waals surface area contributed by atoms with Gasteiger partial charge in [0.05, 0.1) is 5.69 Å². The molecule has 0 unspecified atom stereocenters. The van der Waals surface area contributed by atoms with Crippen molar-refractivity contribution in [2.45, 2.75) is 6.92 Å². The summed E-state index contributed by atoms with van der Waals surface area (Å²) in [5.74, 6) is -2.35. The Morgan fingerprint density at radius 2 is 2.08 bits per heavy atom. The highest BCUT2D eigenvalue weighted by Gasteiger charge is 2.12. The van der Waals surface area contributed by atoms with Gasteiger partial charge in [0.2, 0.25) is 5.91 Å². The lowest BCUT2D eigenvalue weighted by atomic mass is 10.2. The molecule has 0 aliphatic rings. The van der Waals surface area contributed by atoms with Gasteiger partial charge in [-0.15, -0.1) is 0 Å². The lowest BCUT2D eigenvalue weighted by Crippen LogP contribution is -2.10. The monoisotopic (exact) mass is 186 g/mol. The first-order valence-electron chi connectivity index (χ1n) is 3.53. The fourth-order valence-electron chi connectivity index (χ4n) is 0.859. The van der Waals surface area contributed by atoms with E-state index in [0.717, 1.165) is 19.1 Å². The van der Waals surface area contributed by atoms with Crippen molar-refractivity contribution in [3.05, 3.63) is 23.8 Å². The maximum Gasteiger partial charge on any atom is 0.221 e. The van der Waals surface area contributed by atoms with Crippen LogP contribution in [0.4, 0.5) is 20.2 Å². The van der Waals surface area contributed by atoms with E-state index in [1.807, 2.05) is 5.32 Å². The Kier molecular flexibility index (Phi) is 2.46. The minimum atomic E-state index is -0.949. The van der Waals surface area contributed by atoms with Gasteiger partial charge in [0, 0.05) is 6.92 Å². The molecule has 1 amide bonds. The zero-order chi connectivity index (χ0) is 10.0. The summed E-state index contributed by atoms with van der Waals surface area (Å²) < 4.78 is 25.9. The summed E-state index contributed by atoms with van der Waals surface area (Å²) in [6, 6.07) is 2.08. The van der Waals surface area contributed by atoms with E-state index in [2.05, 4.69) is 0 Å². The molecule has 3 N–H and O–H groups in total. The Bertz CT molecular complexity index is 352. The van der Waals surface area contributed by atoms with Crippen molar-refractivity contribution < 1.29 is 13.6 Å². The van der Waals surface area contributed by atoms with Crippen LogP contribution in [0.15, 0.2) is 12.1 Å². The summed E-state index contributed by atoms with van der Waals surface area (Å²) >= 11 is 0. The molecule has 0 bridgehead atoms. The number of carbonyl (C=O) groups excluding carboxylic acids is 1. The van der Waals surface area contributed by atoms with Crippen molar-refractivity contribution in [1.82, 2.24) is 0 Å². The second-order valence-corrected chi connectivity index (χ2v) is 2.51. The predicted octanol–water partition coefficient (Wildman–Crippen LogP) is 1.51. The molecule has 0 fully saturated rings. The second-order valence-electron chi connectivity index (χ2n) is 2.51. The number of nitrogen functional groups attached to an aromatic ring is 1. The first-order chi connectivity index (χ1) is 6.02. The number of amides is 1. The average molecular weight is 186 g/mol. The normalized spacial score (nSPS) is 9.77. The summed E-state index contributed by atoms with van der Waals surface area (Å²) in [6.45, 7) is 1.15. The molecular formula is C8H8F2N2O. The lowest BCUT2D eigenvalue weighted by molar-refractivity contribution is -0.114. The molecule has 1 aromatic carbocycles. The van der Waals surface area contributed by atoms with Crippen molar-refractivity contribution in [2.24, 2.45) is 0 Å². The van der Waals surface area contributed by atoms with Crippen LogP contribution in [0.1, 0.15) is 6.92 Å². The lowest BCUT2D eigenvalue weighted by Gasteiger charge is -2.06. The van der Waals surface area contributed by atoms with E-state index in [4.69, 9.17) is 5.73 Å². The summed E-state index contributed by atoms with van der Waals surface area (Å²) in [5.41, 5.74) is 4.46. The van der Waals surface area contributed by atoms with E-state index in [-0.39, 0.29) is 5.69 Å². The van der Waals surface area contributed by atoms with Crippen LogP contribution in [0, 0.1) is 11.6 Å². The number of halogens is 2. The third kappa shape index (κ3) is 1.93. The van der Waals surface area contributed by atoms with E-state index >= 15 is 0 Å². The number of hydrogen-bond acceptors (Lipinski definition) is 2. The van der Waals surface area contributed by atoms with Gasteiger partial charge in [0.1, 0.15) is 11.5 Å². The van der Waals surface area contributed by atoms with Crippen LogP contribution >= 0.6 is 0 Å². The number of rotatable bonds is 1. The van der Waals surface area contributed by atoms with E-state index in [0.29, 0.717) is 0 Å². The van der Waals surface area contributed by atoms with E-state index in [9.17, 15) is 13.6 Å². The van der Waals surface area contributed by atoms with E-state index in [1.165, 1.54) is 0 Å². The average Bonchev–Trinajstić information content (AvgIpc) is 2.05. The minimum absolute atomic E-state index is 0.204. The number of nitrogens with one attached hydrogen (secondary N) is 1. The zero-order valence-electron chi connectivity index (χ0n) is 6.90. The van der Waals surface area contributed by atoms with Crippen LogP contribution in [0.3, 0.4) is 0 Å². The Morgan fingerprint density at radius 3 is 2.62 bits per heavy atom. The van der Waals surface area contributed by atoms with Gasteiger partial charge in [0.15, 0.2) is 5.82 Å². The SMILES string of the molecule is CC(=O)Nc1c(F)ccc(N)c1F. The first kappa shape index (κ1) is 9.44. The van der Waals surface area contributed by atoms with Crippen molar-refractivity contribution in [1.29, 1.82) is 0 Å². The summed E-state index contributed by atoms with van der Waals surface area (Å²) in [7, 11) is 0. The fourth-order valence-corrected chi connectivity index (χ4v) is 0.859. The molecular weight excluding hydrogens is 178 g/mol. The second kappa shape index (κ2) is 3.38.